The summed E-state index contributed by atoms with van der Waals surface area (Å²) in [4.78, 5) is 23.3. The van der Waals surface area contributed by atoms with Crippen LogP contribution >= 0.6 is 0 Å². The van der Waals surface area contributed by atoms with Crippen molar-refractivity contribution in [3.05, 3.63) is 0 Å². The summed E-state index contributed by atoms with van der Waals surface area (Å²) in [6, 6.07) is 0. The van der Waals surface area contributed by atoms with Gasteiger partial charge in [-0.1, -0.05) is 0 Å². The number of rotatable bonds is 11. The quantitative estimate of drug-likeness (QED) is 0.351. The molecule has 0 aromatic rings. The van der Waals surface area contributed by atoms with Crippen LogP contribution in [-0.4, -0.2) is 33.9 Å². The maximum absolute atomic E-state index is 11.7. The second kappa shape index (κ2) is 12.2. The molecule has 0 aliphatic rings. The predicted molar refractivity (Wildman–Crippen MR) is 93.7 cm³/mol. The van der Waals surface area contributed by atoms with Gasteiger partial charge in [0.1, 0.15) is 0 Å². The second-order valence-electron chi connectivity index (χ2n) is 8.10. The zero-order chi connectivity index (χ0) is 17.9. The van der Waals surface area contributed by atoms with Gasteiger partial charge in [0.05, 0.1) is 0 Å². The molecule has 0 rings (SSSR count). The van der Waals surface area contributed by atoms with Crippen molar-refractivity contribution in [3.8, 4) is 0 Å². The molecule has 0 N–H and O–H groups in total. The fourth-order valence-corrected chi connectivity index (χ4v) is 3.79. The molecule has 2 radical (unpaired) electrons. The Labute approximate surface area is 153 Å². The van der Waals surface area contributed by atoms with E-state index in [0.29, 0.717) is 18.8 Å². The van der Waals surface area contributed by atoms with Gasteiger partial charge < -0.3 is 0 Å². The predicted octanol–water partition coefficient (Wildman–Crippen LogP) is 4.68. The van der Waals surface area contributed by atoms with Gasteiger partial charge in [0, 0.05) is 0 Å². The van der Waals surface area contributed by atoms with Gasteiger partial charge in [-0.2, -0.15) is 0 Å². The summed E-state index contributed by atoms with van der Waals surface area (Å²) in [5.41, 5.74) is 0.210. The first-order chi connectivity index (χ1) is 10.6. The Balaban J connectivity index is 3.65. The third-order valence-corrected chi connectivity index (χ3v) is 5.22. The summed E-state index contributed by atoms with van der Waals surface area (Å²) in [7, 11) is 0. The van der Waals surface area contributed by atoms with Gasteiger partial charge in [0.2, 0.25) is 0 Å². The van der Waals surface area contributed by atoms with Crippen LogP contribution in [0.15, 0.2) is 0 Å². The van der Waals surface area contributed by atoms with E-state index in [-0.39, 0.29) is 17.4 Å². The first kappa shape index (κ1) is 22.7. The Morgan fingerprint density at radius 2 is 1.57 bits per heavy atom. The average Bonchev–Trinajstić information content (AvgIpc) is 2.35. The topological polar surface area (TPSA) is 52.6 Å². The third kappa shape index (κ3) is 16.4. The van der Waals surface area contributed by atoms with Gasteiger partial charge >= 0.3 is 153 Å². The fraction of sp³-hybridized carbons (Fsp3) is 0.889. The minimum absolute atomic E-state index is 0.210. The van der Waals surface area contributed by atoms with E-state index in [0.717, 1.165) is 31.6 Å². The number of carbonyl (C=O) groups is 2. The summed E-state index contributed by atoms with van der Waals surface area (Å²) in [5.74, 6) is 0.574. The Morgan fingerprint density at radius 3 is 2.13 bits per heavy atom. The Hall–Kier alpha value is -0.261. The molecule has 0 aliphatic carbocycles. The number of hydrogen-bond donors (Lipinski definition) is 0. The number of carbonyl (C=O) groups excluding carboxylic acids is 2. The van der Waals surface area contributed by atoms with Crippen LogP contribution in [0.1, 0.15) is 86.5 Å². The van der Waals surface area contributed by atoms with Gasteiger partial charge in [-0.05, 0) is 0 Å². The molecule has 0 amide bonds. The summed E-state index contributed by atoms with van der Waals surface area (Å²) in [6.07, 6.45) is 6.11. The van der Waals surface area contributed by atoms with Crippen molar-refractivity contribution in [1.82, 2.24) is 0 Å². The van der Waals surface area contributed by atoms with Crippen LogP contribution in [0.25, 0.3) is 0 Å². The van der Waals surface area contributed by atoms with E-state index in [1.165, 1.54) is 6.42 Å². The Bertz CT molecular complexity index is 347. The molecular formula is C18H34O4Sn. The standard InChI is InChI=1S/2C9H18O2.Sn/c1-7(5-8(10)11)6-9(2,3)4;1-8(2)6-4-3-5-7-9(10)11;/h7H,5-6H2,1-4H3,(H,10,11);8H,3-7H2,1-2H3,(H,10,11);/q;;+2/p-2. The summed E-state index contributed by atoms with van der Waals surface area (Å²) < 4.78 is 10.3. The molecule has 1 unspecified atom stereocenters. The molecule has 0 heterocycles. The number of hydrogen-bond acceptors (Lipinski definition) is 4. The van der Waals surface area contributed by atoms with Gasteiger partial charge in [0.25, 0.3) is 0 Å². The van der Waals surface area contributed by atoms with Crippen LogP contribution < -0.4 is 0 Å². The molecule has 5 heteroatoms. The van der Waals surface area contributed by atoms with Crippen LogP contribution in [0.4, 0.5) is 0 Å². The van der Waals surface area contributed by atoms with Crippen LogP contribution in [0, 0.1) is 17.3 Å². The van der Waals surface area contributed by atoms with E-state index in [1.807, 2.05) is 0 Å². The maximum atomic E-state index is 11.7. The van der Waals surface area contributed by atoms with Crippen LogP contribution in [-0.2, 0) is 15.7 Å². The normalized spacial score (nSPS) is 13.0. The first-order valence-electron chi connectivity index (χ1n) is 8.74. The van der Waals surface area contributed by atoms with Crippen LogP contribution in [0.5, 0.6) is 0 Å². The molecule has 0 fully saturated rings. The average molecular weight is 433 g/mol. The molecule has 134 valence electrons. The van der Waals surface area contributed by atoms with E-state index < -0.39 is 22.0 Å². The summed E-state index contributed by atoms with van der Waals surface area (Å²) >= 11 is -1.80. The van der Waals surface area contributed by atoms with Gasteiger partial charge in [-0.15, -0.1) is 0 Å². The van der Waals surface area contributed by atoms with Crippen molar-refractivity contribution in [2.45, 2.75) is 86.5 Å². The summed E-state index contributed by atoms with van der Waals surface area (Å²) in [5, 5.41) is 0. The van der Waals surface area contributed by atoms with Crippen molar-refractivity contribution in [3.63, 3.8) is 0 Å². The molecular weight excluding hydrogens is 399 g/mol. The van der Waals surface area contributed by atoms with Crippen LogP contribution in [0.3, 0.4) is 0 Å². The van der Waals surface area contributed by atoms with E-state index >= 15 is 0 Å². The van der Waals surface area contributed by atoms with Gasteiger partial charge in [0.15, 0.2) is 0 Å². The van der Waals surface area contributed by atoms with Gasteiger partial charge in [-0.3, -0.25) is 0 Å². The molecule has 0 bridgehead atoms. The van der Waals surface area contributed by atoms with Crippen molar-refractivity contribution < 1.29 is 15.7 Å². The molecule has 0 saturated heterocycles. The van der Waals surface area contributed by atoms with E-state index in [9.17, 15) is 9.59 Å². The molecule has 0 aliphatic heterocycles. The second-order valence-corrected chi connectivity index (χ2v) is 9.74. The molecule has 23 heavy (non-hydrogen) atoms. The van der Waals surface area contributed by atoms with E-state index in [4.69, 9.17) is 6.15 Å². The zero-order valence-corrected chi connectivity index (χ0v) is 18.6. The molecule has 1 atom stereocenters. The molecule has 4 nitrogen and oxygen atoms in total. The molecule has 0 spiro atoms. The summed E-state index contributed by atoms with van der Waals surface area (Å²) in [6.45, 7) is 13.0. The fourth-order valence-electron chi connectivity index (χ4n) is 2.61. The van der Waals surface area contributed by atoms with Gasteiger partial charge in [-0.25, -0.2) is 0 Å². The Morgan fingerprint density at radius 1 is 0.957 bits per heavy atom. The minimum atomic E-state index is -1.80. The van der Waals surface area contributed by atoms with E-state index in [1.54, 1.807) is 0 Å². The third-order valence-electron chi connectivity index (χ3n) is 3.45. The first-order valence-corrected chi connectivity index (χ1v) is 11.1. The van der Waals surface area contributed by atoms with Crippen LogP contribution in [0.2, 0.25) is 0 Å². The Kier molecular flexibility index (Phi) is 12.0. The van der Waals surface area contributed by atoms with Crippen molar-refractivity contribution in [2.75, 3.05) is 0 Å². The zero-order valence-electron chi connectivity index (χ0n) is 15.7. The van der Waals surface area contributed by atoms with Crippen molar-refractivity contribution in [2.24, 2.45) is 17.3 Å². The van der Waals surface area contributed by atoms with Crippen molar-refractivity contribution >= 4 is 33.9 Å². The molecule has 0 aromatic heterocycles. The monoisotopic (exact) mass is 434 g/mol. The molecule has 0 saturated carbocycles. The molecule has 0 aromatic carbocycles. The SMILES string of the molecule is CC(C)CCCCCC(=O)[O][Sn][O]C(=O)CC(C)CC(C)(C)C. The van der Waals surface area contributed by atoms with Crippen molar-refractivity contribution in [1.29, 1.82) is 0 Å². The van der Waals surface area contributed by atoms with E-state index in [2.05, 4.69) is 41.5 Å². The number of unbranched alkanes of at least 4 members (excludes halogenated alkanes) is 2.